The molecule has 0 saturated heterocycles. The maximum absolute atomic E-state index is 5.81. The third kappa shape index (κ3) is 2.36. The zero-order chi connectivity index (χ0) is 13.4. The third-order valence-electron chi connectivity index (χ3n) is 3.25. The SMILES string of the molecule is Cn1c(Cc2cccc(N)c2)nc2cc(Br)ccc21. The summed E-state index contributed by atoms with van der Waals surface area (Å²) in [4.78, 5) is 4.69. The highest BCUT2D eigenvalue weighted by Gasteiger charge is 2.08. The number of nitrogens with zero attached hydrogens (tertiary/aromatic N) is 2. The molecule has 0 atom stereocenters. The number of aryl methyl sites for hydroxylation is 1. The first-order chi connectivity index (χ1) is 9.13. The summed E-state index contributed by atoms with van der Waals surface area (Å²) in [6, 6.07) is 14.1. The number of imidazole rings is 1. The normalized spacial score (nSPS) is 11.1. The topological polar surface area (TPSA) is 43.8 Å². The summed E-state index contributed by atoms with van der Waals surface area (Å²) >= 11 is 3.48. The van der Waals surface area contributed by atoms with Gasteiger partial charge in [0.05, 0.1) is 11.0 Å². The summed E-state index contributed by atoms with van der Waals surface area (Å²) in [6.07, 6.45) is 0.786. The van der Waals surface area contributed by atoms with Crippen molar-refractivity contribution >= 4 is 32.7 Å². The lowest BCUT2D eigenvalue weighted by Crippen LogP contribution is -1.99. The largest absolute Gasteiger partial charge is 0.399 e. The second-order valence-corrected chi connectivity index (χ2v) is 5.56. The summed E-state index contributed by atoms with van der Waals surface area (Å²) in [5.41, 5.74) is 9.93. The smallest absolute Gasteiger partial charge is 0.114 e. The van der Waals surface area contributed by atoms with Crippen LogP contribution in [0, 0.1) is 0 Å². The molecule has 3 rings (SSSR count). The lowest BCUT2D eigenvalue weighted by molar-refractivity contribution is 0.845. The van der Waals surface area contributed by atoms with Crippen molar-refractivity contribution in [3.8, 4) is 0 Å². The molecular weight excluding hydrogens is 302 g/mol. The first kappa shape index (κ1) is 12.2. The van der Waals surface area contributed by atoms with E-state index in [1.807, 2.05) is 37.4 Å². The molecule has 1 heterocycles. The van der Waals surface area contributed by atoms with E-state index in [0.29, 0.717) is 0 Å². The Hall–Kier alpha value is -1.81. The minimum absolute atomic E-state index is 0.786. The monoisotopic (exact) mass is 315 g/mol. The van der Waals surface area contributed by atoms with E-state index in [2.05, 4.69) is 32.6 Å². The predicted molar refractivity (Wildman–Crippen MR) is 82.1 cm³/mol. The Morgan fingerprint density at radius 3 is 2.84 bits per heavy atom. The van der Waals surface area contributed by atoms with E-state index in [4.69, 9.17) is 10.7 Å². The van der Waals surface area contributed by atoms with Gasteiger partial charge in [-0.15, -0.1) is 0 Å². The molecule has 0 bridgehead atoms. The average Bonchev–Trinajstić information content (AvgIpc) is 2.66. The average molecular weight is 316 g/mol. The van der Waals surface area contributed by atoms with Crippen LogP contribution in [0.25, 0.3) is 11.0 Å². The summed E-state index contributed by atoms with van der Waals surface area (Å²) in [5.74, 6) is 1.04. The van der Waals surface area contributed by atoms with Crippen LogP contribution in [0.4, 0.5) is 5.69 Å². The molecule has 3 aromatic rings. The molecule has 4 heteroatoms. The van der Waals surface area contributed by atoms with Gasteiger partial charge in [0.15, 0.2) is 0 Å². The van der Waals surface area contributed by atoms with E-state index in [1.165, 1.54) is 5.56 Å². The van der Waals surface area contributed by atoms with Crippen LogP contribution in [0.15, 0.2) is 46.9 Å². The Bertz CT molecular complexity index is 746. The van der Waals surface area contributed by atoms with Crippen LogP contribution in [0.1, 0.15) is 11.4 Å². The quantitative estimate of drug-likeness (QED) is 0.735. The van der Waals surface area contributed by atoms with Crippen LogP contribution in [0.5, 0.6) is 0 Å². The van der Waals surface area contributed by atoms with E-state index in [0.717, 1.165) is 33.4 Å². The van der Waals surface area contributed by atoms with E-state index in [9.17, 15) is 0 Å². The van der Waals surface area contributed by atoms with Gasteiger partial charge in [-0.25, -0.2) is 4.98 Å². The van der Waals surface area contributed by atoms with E-state index in [1.54, 1.807) is 0 Å². The first-order valence-corrected chi connectivity index (χ1v) is 6.88. The van der Waals surface area contributed by atoms with Crippen LogP contribution >= 0.6 is 15.9 Å². The number of hydrogen-bond acceptors (Lipinski definition) is 2. The molecule has 3 nitrogen and oxygen atoms in total. The summed E-state index contributed by atoms with van der Waals surface area (Å²) in [7, 11) is 2.05. The molecule has 0 saturated carbocycles. The number of fused-ring (bicyclic) bond motifs is 1. The van der Waals surface area contributed by atoms with Gasteiger partial charge in [-0.3, -0.25) is 0 Å². The van der Waals surface area contributed by atoms with Crippen LogP contribution in [-0.2, 0) is 13.5 Å². The standard InChI is InChI=1S/C15H14BrN3/c1-19-14-6-5-11(16)9-13(14)18-15(19)8-10-3-2-4-12(17)7-10/h2-7,9H,8,17H2,1H3. The van der Waals surface area contributed by atoms with Crippen molar-refractivity contribution in [1.82, 2.24) is 9.55 Å². The number of aromatic nitrogens is 2. The molecule has 0 aliphatic heterocycles. The predicted octanol–water partition coefficient (Wildman–Crippen LogP) is 3.51. The Morgan fingerprint density at radius 1 is 1.21 bits per heavy atom. The zero-order valence-corrected chi connectivity index (χ0v) is 12.2. The number of nitrogens with two attached hydrogens (primary N) is 1. The number of anilines is 1. The highest BCUT2D eigenvalue weighted by atomic mass is 79.9. The minimum Gasteiger partial charge on any atom is -0.399 e. The van der Waals surface area contributed by atoms with Gasteiger partial charge in [-0.2, -0.15) is 0 Å². The van der Waals surface area contributed by atoms with Crippen LogP contribution in [0.2, 0.25) is 0 Å². The van der Waals surface area contributed by atoms with Crippen LogP contribution in [0.3, 0.4) is 0 Å². The lowest BCUT2D eigenvalue weighted by Gasteiger charge is -2.03. The van der Waals surface area contributed by atoms with E-state index >= 15 is 0 Å². The Balaban J connectivity index is 2.03. The first-order valence-electron chi connectivity index (χ1n) is 6.09. The van der Waals surface area contributed by atoms with Crippen molar-refractivity contribution in [3.63, 3.8) is 0 Å². The highest BCUT2D eigenvalue weighted by Crippen LogP contribution is 2.21. The van der Waals surface area contributed by atoms with Crippen molar-refractivity contribution in [2.75, 3.05) is 5.73 Å². The molecule has 2 N–H and O–H groups in total. The summed E-state index contributed by atoms with van der Waals surface area (Å²) < 4.78 is 3.18. The molecule has 0 aliphatic carbocycles. The van der Waals surface area contributed by atoms with E-state index < -0.39 is 0 Å². The molecule has 0 aliphatic rings. The van der Waals surface area contributed by atoms with Crippen molar-refractivity contribution in [3.05, 3.63) is 58.3 Å². The second-order valence-electron chi connectivity index (χ2n) is 4.64. The van der Waals surface area contributed by atoms with Crippen molar-refractivity contribution in [2.45, 2.75) is 6.42 Å². The molecular formula is C15H14BrN3. The lowest BCUT2D eigenvalue weighted by atomic mass is 10.1. The zero-order valence-electron chi connectivity index (χ0n) is 10.6. The molecule has 0 radical (unpaired) electrons. The van der Waals surface area contributed by atoms with Gasteiger partial charge in [0, 0.05) is 23.6 Å². The van der Waals surface area contributed by atoms with Crippen molar-refractivity contribution in [1.29, 1.82) is 0 Å². The number of rotatable bonds is 2. The molecule has 0 amide bonds. The summed E-state index contributed by atoms with van der Waals surface area (Å²) in [6.45, 7) is 0. The van der Waals surface area contributed by atoms with Crippen LogP contribution in [-0.4, -0.2) is 9.55 Å². The Morgan fingerprint density at radius 2 is 2.05 bits per heavy atom. The molecule has 0 unspecified atom stereocenters. The van der Waals surface area contributed by atoms with Crippen LogP contribution < -0.4 is 5.73 Å². The molecule has 2 aromatic carbocycles. The van der Waals surface area contributed by atoms with Gasteiger partial charge in [0.25, 0.3) is 0 Å². The van der Waals surface area contributed by atoms with Crippen molar-refractivity contribution < 1.29 is 0 Å². The van der Waals surface area contributed by atoms with Gasteiger partial charge in [-0.1, -0.05) is 28.1 Å². The Kier molecular flexibility index (Phi) is 3.03. The molecule has 0 fully saturated rings. The van der Waals surface area contributed by atoms with Gasteiger partial charge in [0.1, 0.15) is 5.82 Å². The summed E-state index contributed by atoms with van der Waals surface area (Å²) in [5, 5.41) is 0. The fraction of sp³-hybridized carbons (Fsp3) is 0.133. The fourth-order valence-electron chi connectivity index (χ4n) is 2.27. The van der Waals surface area contributed by atoms with Crippen molar-refractivity contribution in [2.24, 2.45) is 7.05 Å². The molecule has 96 valence electrons. The second kappa shape index (κ2) is 4.70. The fourth-order valence-corrected chi connectivity index (χ4v) is 2.62. The molecule has 1 aromatic heterocycles. The highest BCUT2D eigenvalue weighted by molar-refractivity contribution is 9.10. The number of halogens is 1. The minimum atomic E-state index is 0.786. The molecule has 0 spiro atoms. The van der Waals surface area contributed by atoms with Gasteiger partial charge < -0.3 is 10.3 Å². The van der Waals surface area contributed by atoms with E-state index in [-0.39, 0.29) is 0 Å². The number of nitrogen functional groups attached to an aromatic ring is 1. The number of benzene rings is 2. The van der Waals surface area contributed by atoms with Gasteiger partial charge >= 0.3 is 0 Å². The van der Waals surface area contributed by atoms with Gasteiger partial charge in [-0.05, 0) is 35.9 Å². The molecule has 19 heavy (non-hydrogen) atoms. The third-order valence-corrected chi connectivity index (χ3v) is 3.74. The van der Waals surface area contributed by atoms with Gasteiger partial charge in [0.2, 0.25) is 0 Å². The number of hydrogen-bond donors (Lipinski definition) is 1. The maximum Gasteiger partial charge on any atom is 0.114 e. The maximum atomic E-state index is 5.81. The Labute approximate surface area is 120 Å².